The number of aryl methyl sites for hydroxylation is 1. The highest BCUT2D eigenvalue weighted by Crippen LogP contribution is 2.24. The fraction of sp³-hybridized carbons (Fsp3) is 0.231. The van der Waals surface area contributed by atoms with Crippen molar-refractivity contribution >= 4 is 21.2 Å². The summed E-state index contributed by atoms with van der Waals surface area (Å²) in [4.78, 5) is 1.74. The Morgan fingerprint density at radius 3 is 2.06 bits per heavy atom. The van der Waals surface area contributed by atoms with Crippen LogP contribution in [0.4, 0.5) is 0 Å². The molecule has 0 bridgehead atoms. The zero-order chi connectivity index (χ0) is 12.9. The largest absolute Gasteiger partial charge is 0.218 e. The number of rotatable bonds is 2. The van der Waals surface area contributed by atoms with Gasteiger partial charge in [0.1, 0.15) is 0 Å². The molecule has 0 radical (unpaired) electrons. The average Bonchev–Trinajstić information content (AvgIpc) is 2.80. The van der Waals surface area contributed by atoms with E-state index in [-0.39, 0.29) is 0 Å². The maximum atomic E-state index is 12.1. The van der Waals surface area contributed by atoms with Gasteiger partial charge in [-0.3, -0.25) is 0 Å². The molecule has 0 N–H and O–H groups in total. The van der Waals surface area contributed by atoms with Crippen molar-refractivity contribution in [3.63, 3.8) is 0 Å². The van der Waals surface area contributed by atoms with Crippen molar-refractivity contribution in [1.29, 1.82) is 0 Å². The predicted molar refractivity (Wildman–Crippen MR) is 72.3 cm³/mol. The summed E-state index contributed by atoms with van der Waals surface area (Å²) in [5.41, 5.74) is 0. The van der Waals surface area contributed by atoms with Crippen molar-refractivity contribution in [1.82, 2.24) is 0 Å². The maximum absolute atomic E-state index is 12.1. The van der Waals surface area contributed by atoms with E-state index in [0.29, 0.717) is 9.79 Å². The summed E-state index contributed by atoms with van der Waals surface area (Å²) in [6, 6.07) is 10.2. The normalized spacial score (nSPS) is 10.5. The Morgan fingerprint density at radius 1 is 1.00 bits per heavy atom. The molecule has 1 heterocycles. The summed E-state index contributed by atoms with van der Waals surface area (Å²) < 4.78 is 24.1. The van der Waals surface area contributed by atoms with Gasteiger partial charge in [0.05, 0.1) is 9.79 Å². The third-order valence-corrected chi connectivity index (χ3v) is 4.83. The first-order chi connectivity index (χ1) is 8.10. The van der Waals surface area contributed by atoms with Gasteiger partial charge in [0.25, 0.3) is 0 Å². The van der Waals surface area contributed by atoms with Crippen LogP contribution in [0.3, 0.4) is 0 Å². The molecule has 92 valence electrons. The molecule has 0 saturated carbocycles. The summed E-state index contributed by atoms with van der Waals surface area (Å²) >= 11 is 1.45. The first-order valence-electron chi connectivity index (χ1n) is 5.46. The maximum Gasteiger partial charge on any atom is 0.207 e. The lowest BCUT2D eigenvalue weighted by Crippen LogP contribution is -1.99. The van der Waals surface area contributed by atoms with Crippen LogP contribution < -0.4 is 0 Å². The SMILES string of the molecule is CC.Cc1cc(S(=O)(=O)c2ccccc2)cs1. The van der Waals surface area contributed by atoms with Gasteiger partial charge >= 0.3 is 0 Å². The highest BCUT2D eigenvalue weighted by Gasteiger charge is 2.17. The quantitative estimate of drug-likeness (QED) is 0.827. The Bertz CT molecular complexity index is 554. The van der Waals surface area contributed by atoms with Gasteiger partial charge in [-0.05, 0) is 25.1 Å². The van der Waals surface area contributed by atoms with Gasteiger partial charge in [-0.2, -0.15) is 0 Å². The predicted octanol–water partition coefficient (Wildman–Crippen LogP) is 3.92. The Balaban J connectivity index is 0.000000686. The van der Waals surface area contributed by atoms with Crippen molar-refractivity contribution in [2.24, 2.45) is 0 Å². The van der Waals surface area contributed by atoms with Gasteiger partial charge in [-0.25, -0.2) is 8.42 Å². The van der Waals surface area contributed by atoms with Gasteiger partial charge in [0.2, 0.25) is 9.84 Å². The lowest BCUT2D eigenvalue weighted by Gasteiger charge is -2.00. The molecule has 0 atom stereocenters. The average molecular weight is 268 g/mol. The minimum Gasteiger partial charge on any atom is -0.218 e. The van der Waals surface area contributed by atoms with Crippen molar-refractivity contribution in [3.8, 4) is 0 Å². The van der Waals surface area contributed by atoms with Crippen LogP contribution in [0.15, 0.2) is 51.6 Å². The summed E-state index contributed by atoms with van der Waals surface area (Å²) in [5.74, 6) is 0. The van der Waals surface area contributed by atoms with Gasteiger partial charge in [0, 0.05) is 10.3 Å². The molecule has 2 rings (SSSR count). The van der Waals surface area contributed by atoms with Crippen molar-refractivity contribution in [3.05, 3.63) is 46.7 Å². The van der Waals surface area contributed by atoms with Crippen LogP contribution in [-0.4, -0.2) is 8.42 Å². The molecule has 0 saturated heterocycles. The molecule has 1 aromatic carbocycles. The van der Waals surface area contributed by atoms with Crippen molar-refractivity contribution in [2.75, 3.05) is 0 Å². The number of sulfone groups is 1. The second kappa shape index (κ2) is 5.98. The lowest BCUT2D eigenvalue weighted by atomic mass is 10.4. The number of benzene rings is 1. The van der Waals surface area contributed by atoms with E-state index in [2.05, 4.69) is 0 Å². The van der Waals surface area contributed by atoms with E-state index in [1.807, 2.05) is 20.8 Å². The van der Waals surface area contributed by atoms with Crippen LogP contribution in [0.2, 0.25) is 0 Å². The molecular formula is C13H16O2S2. The molecule has 2 aromatic rings. The number of hydrogen-bond acceptors (Lipinski definition) is 3. The van der Waals surface area contributed by atoms with Gasteiger partial charge in [0.15, 0.2) is 0 Å². The third-order valence-electron chi connectivity index (χ3n) is 2.07. The second-order valence-electron chi connectivity index (χ2n) is 3.21. The molecule has 2 nitrogen and oxygen atoms in total. The third kappa shape index (κ3) is 3.17. The van der Waals surface area contributed by atoms with Crippen LogP contribution in [0, 0.1) is 6.92 Å². The molecule has 0 aliphatic heterocycles. The van der Waals surface area contributed by atoms with Gasteiger partial charge in [-0.1, -0.05) is 32.0 Å². The van der Waals surface area contributed by atoms with Crippen LogP contribution in [0.1, 0.15) is 18.7 Å². The Morgan fingerprint density at radius 2 is 1.59 bits per heavy atom. The summed E-state index contributed by atoms with van der Waals surface area (Å²) in [7, 11) is -3.31. The van der Waals surface area contributed by atoms with E-state index in [9.17, 15) is 8.42 Å². The number of hydrogen-bond donors (Lipinski definition) is 0. The van der Waals surface area contributed by atoms with Gasteiger partial charge < -0.3 is 0 Å². The molecule has 4 heteroatoms. The Hall–Kier alpha value is -1.13. The molecule has 0 spiro atoms. The van der Waals surface area contributed by atoms with Crippen molar-refractivity contribution in [2.45, 2.75) is 30.6 Å². The van der Waals surface area contributed by atoms with E-state index in [1.54, 1.807) is 41.8 Å². The zero-order valence-corrected chi connectivity index (χ0v) is 11.8. The Kier molecular flexibility index (Phi) is 4.90. The fourth-order valence-electron chi connectivity index (χ4n) is 1.30. The van der Waals surface area contributed by atoms with E-state index >= 15 is 0 Å². The highest BCUT2D eigenvalue weighted by molar-refractivity contribution is 7.91. The smallest absolute Gasteiger partial charge is 0.207 e. The van der Waals surface area contributed by atoms with Crippen LogP contribution in [0.25, 0.3) is 0 Å². The molecule has 0 aliphatic carbocycles. The first kappa shape index (κ1) is 13.9. The minimum absolute atomic E-state index is 0.350. The second-order valence-corrected chi connectivity index (χ2v) is 6.27. The first-order valence-corrected chi connectivity index (χ1v) is 7.82. The summed E-state index contributed by atoms with van der Waals surface area (Å²) in [6.07, 6.45) is 0. The fourth-order valence-corrected chi connectivity index (χ4v) is 3.71. The van der Waals surface area contributed by atoms with E-state index in [4.69, 9.17) is 0 Å². The Labute approximate surface area is 107 Å². The van der Waals surface area contributed by atoms with E-state index in [0.717, 1.165) is 4.88 Å². The molecule has 1 aromatic heterocycles. The van der Waals surface area contributed by atoms with E-state index < -0.39 is 9.84 Å². The number of thiophene rings is 1. The molecule has 0 unspecified atom stereocenters. The van der Waals surface area contributed by atoms with Crippen LogP contribution >= 0.6 is 11.3 Å². The van der Waals surface area contributed by atoms with Crippen LogP contribution in [0.5, 0.6) is 0 Å². The van der Waals surface area contributed by atoms with Crippen molar-refractivity contribution < 1.29 is 8.42 Å². The minimum atomic E-state index is -3.31. The monoisotopic (exact) mass is 268 g/mol. The summed E-state index contributed by atoms with van der Waals surface area (Å²) in [5, 5.41) is 1.68. The standard InChI is InChI=1S/C11H10O2S2.C2H6/c1-9-7-11(8-14-9)15(12,13)10-5-3-2-4-6-10;1-2/h2-8H,1H3;1-2H3. The highest BCUT2D eigenvalue weighted by atomic mass is 32.2. The molecule has 0 aliphatic rings. The molecule has 0 amide bonds. The van der Waals surface area contributed by atoms with Gasteiger partial charge in [-0.15, -0.1) is 11.3 Å². The molecular weight excluding hydrogens is 252 g/mol. The topological polar surface area (TPSA) is 34.1 Å². The van der Waals surface area contributed by atoms with Crippen LogP contribution in [-0.2, 0) is 9.84 Å². The summed E-state index contributed by atoms with van der Waals surface area (Å²) in [6.45, 7) is 5.90. The molecule has 17 heavy (non-hydrogen) atoms. The lowest BCUT2D eigenvalue weighted by molar-refractivity contribution is 0.596. The van der Waals surface area contributed by atoms with E-state index in [1.165, 1.54) is 11.3 Å². The zero-order valence-electron chi connectivity index (χ0n) is 10.2. The molecule has 0 fully saturated rings.